The fraction of sp³-hybridized carbons (Fsp3) is 0.471. The van der Waals surface area contributed by atoms with Crippen LogP contribution >= 0.6 is 0 Å². The summed E-state index contributed by atoms with van der Waals surface area (Å²) in [6, 6.07) is 11.2. The molecule has 0 saturated carbocycles. The number of nitrogens with two attached hydrogens (primary N) is 1. The second kappa shape index (κ2) is 14.5. The van der Waals surface area contributed by atoms with Crippen LogP contribution in [0.4, 0.5) is 16.3 Å². The van der Waals surface area contributed by atoms with Crippen molar-refractivity contribution in [2.24, 2.45) is 0 Å². The Hall–Kier alpha value is -4.27. The van der Waals surface area contributed by atoms with Crippen LogP contribution in [-0.4, -0.2) is 71.3 Å². The molecule has 2 aromatic carbocycles. The van der Waals surface area contributed by atoms with E-state index in [4.69, 9.17) is 19.9 Å². The number of rotatable bonds is 2. The third-order valence-corrected chi connectivity index (χ3v) is 10.0. The number of hydrogen-bond acceptors (Lipinski definition) is 11. The zero-order valence-electron chi connectivity index (χ0n) is 28.3. The quantitative estimate of drug-likeness (QED) is 0.288. The maximum Gasteiger partial charge on any atom is 0.407 e. The van der Waals surface area contributed by atoms with Crippen LogP contribution in [0.2, 0.25) is 0 Å². The fourth-order valence-corrected chi connectivity index (χ4v) is 6.95. The van der Waals surface area contributed by atoms with E-state index in [0.717, 1.165) is 0 Å². The number of fused-ring (bicyclic) bond motifs is 13. The van der Waals surface area contributed by atoms with Gasteiger partial charge in [-0.15, -0.1) is 0 Å². The van der Waals surface area contributed by atoms with Crippen LogP contribution in [0.1, 0.15) is 76.9 Å². The standard InChI is InChI=1S/C34H45N5O8S/c1-32(2,3)47-31(41)37-18-23-10-9-11-25-28(23)46-17-8-7-16-45-21-34(6,42)20-33(4,5)48(43,44)24-14-12-22(13-15-24)26-19-36-29(35)27(38-26)30(40)39-25/h9-15,19,42H,7-8,16-18,20-21H2,1-6H3,(H2,35,36)(H,37,41)(H,39,40). The molecular weight excluding hydrogens is 638 g/mol. The summed E-state index contributed by atoms with van der Waals surface area (Å²) in [6.45, 7) is 10.5. The zero-order chi connectivity index (χ0) is 35.3. The number of sulfone groups is 1. The highest BCUT2D eigenvalue weighted by molar-refractivity contribution is 7.92. The number of carbonyl (C=O) groups excluding carboxylic acids is 2. The lowest BCUT2D eigenvalue weighted by molar-refractivity contribution is -0.0444. The molecule has 0 fully saturated rings. The summed E-state index contributed by atoms with van der Waals surface area (Å²) in [6.07, 6.45) is 1.85. The van der Waals surface area contributed by atoms with E-state index < -0.39 is 37.8 Å². The number of ether oxygens (including phenoxy) is 3. The largest absolute Gasteiger partial charge is 0.491 e. The van der Waals surface area contributed by atoms with Crippen LogP contribution in [0.25, 0.3) is 11.3 Å². The smallest absolute Gasteiger partial charge is 0.407 e. The maximum atomic E-state index is 13.6. The lowest BCUT2D eigenvalue weighted by atomic mass is 9.94. The molecule has 0 radical (unpaired) electrons. The molecule has 1 atom stereocenters. The third-order valence-electron chi connectivity index (χ3n) is 7.52. The van der Waals surface area contributed by atoms with E-state index in [2.05, 4.69) is 20.6 Å². The van der Waals surface area contributed by atoms with Crippen molar-refractivity contribution in [3.05, 3.63) is 59.9 Å². The van der Waals surface area contributed by atoms with Crippen LogP contribution in [0.15, 0.2) is 53.6 Å². The first-order valence-electron chi connectivity index (χ1n) is 15.7. The number of aromatic nitrogens is 2. The molecule has 5 rings (SSSR count). The summed E-state index contributed by atoms with van der Waals surface area (Å²) < 4.78 is 43.2. The minimum absolute atomic E-state index is 0.0563. The van der Waals surface area contributed by atoms with E-state index in [1.807, 2.05) is 0 Å². The van der Waals surface area contributed by atoms with Crippen molar-refractivity contribution in [3.63, 3.8) is 0 Å². The van der Waals surface area contributed by atoms with Gasteiger partial charge in [0.1, 0.15) is 11.4 Å². The van der Waals surface area contributed by atoms with E-state index in [1.165, 1.54) is 18.3 Å². The first-order valence-corrected chi connectivity index (χ1v) is 17.2. The van der Waals surface area contributed by atoms with E-state index in [1.54, 1.807) is 71.9 Å². The van der Waals surface area contributed by atoms with Crippen molar-refractivity contribution in [2.75, 3.05) is 30.9 Å². The van der Waals surface area contributed by atoms with Gasteiger partial charge in [0.2, 0.25) is 0 Å². The molecule has 13 nitrogen and oxygen atoms in total. The monoisotopic (exact) mass is 683 g/mol. The molecule has 2 aliphatic heterocycles. The average molecular weight is 684 g/mol. The van der Waals surface area contributed by atoms with Gasteiger partial charge in [-0.2, -0.15) is 0 Å². The van der Waals surface area contributed by atoms with E-state index in [9.17, 15) is 23.1 Å². The highest BCUT2D eigenvalue weighted by Crippen LogP contribution is 2.34. The Morgan fingerprint density at radius 2 is 1.79 bits per heavy atom. The number of amides is 2. The van der Waals surface area contributed by atoms with Crippen molar-refractivity contribution in [2.45, 2.75) is 88.2 Å². The van der Waals surface area contributed by atoms with Crippen LogP contribution in [-0.2, 0) is 25.9 Å². The number of nitrogen functional groups attached to an aromatic ring is 1. The van der Waals surface area contributed by atoms with Gasteiger partial charge < -0.3 is 35.7 Å². The SMILES string of the molecule is CC1(O)COCCCCOc2c(CNC(=O)OC(C)(C)C)cccc2NC(=O)c2nc(cnc2N)-c2ccc(cc2)S(=O)(=O)C(C)(C)C1. The first-order chi connectivity index (χ1) is 22.4. The normalized spacial score (nSPS) is 20.2. The number of para-hydroxylation sites is 1. The Morgan fingerprint density at radius 1 is 1.10 bits per heavy atom. The summed E-state index contributed by atoms with van der Waals surface area (Å²) in [5.74, 6) is -0.411. The Kier molecular flexibility index (Phi) is 11.0. The molecule has 3 aromatic rings. The zero-order valence-corrected chi connectivity index (χ0v) is 29.1. The van der Waals surface area contributed by atoms with Crippen LogP contribution in [0, 0.1) is 0 Å². The third kappa shape index (κ3) is 9.20. The number of hydrogen-bond donors (Lipinski definition) is 4. The summed E-state index contributed by atoms with van der Waals surface area (Å²) in [4.78, 5) is 34.6. The second-order valence-corrected chi connectivity index (χ2v) is 16.2. The summed E-state index contributed by atoms with van der Waals surface area (Å²) >= 11 is 0. The molecule has 0 aliphatic carbocycles. The molecule has 5 N–H and O–H groups in total. The molecule has 14 heteroatoms. The van der Waals surface area contributed by atoms with Crippen LogP contribution in [0.3, 0.4) is 0 Å². The van der Waals surface area contributed by atoms with E-state index in [0.29, 0.717) is 47.7 Å². The average Bonchev–Trinajstić information content (AvgIpc) is 2.98. The van der Waals surface area contributed by atoms with Crippen molar-refractivity contribution in [1.29, 1.82) is 0 Å². The first kappa shape index (κ1) is 36.6. The molecule has 0 spiro atoms. The van der Waals surface area contributed by atoms with Gasteiger partial charge in [0.05, 0.1) is 46.0 Å². The lowest BCUT2D eigenvalue weighted by Gasteiger charge is -2.33. The molecule has 2 aliphatic rings. The molecule has 4 bridgehead atoms. The molecule has 3 heterocycles. The van der Waals surface area contributed by atoms with Crippen molar-refractivity contribution < 1.29 is 37.3 Å². The molecule has 0 saturated heterocycles. The minimum Gasteiger partial charge on any atom is -0.491 e. The lowest BCUT2D eigenvalue weighted by Crippen LogP contribution is -2.43. The van der Waals surface area contributed by atoms with Gasteiger partial charge in [0.15, 0.2) is 21.3 Å². The molecule has 48 heavy (non-hydrogen) atoms. The topological polar surface area (TPSA) is 192 Å². The van der Waals surface area contributed by atoms with Gasteiger partial charge in [-0.05, 0) is 79.0 Å². The summed E-state index contributed by atoms with van der Waals surface area (Å²) in [7, 11) is -3.87. The summed E-state index contributed by atoms with van der Waals surface area (Å²) in [5, 5.41) is 16.6. The number of aliphatic hydroxyl groups is 1. The van der Waals surface area contributed by atoms with Crippen LogP contribution in [0.5, 0.6) is 5.75 Å². The highest BCUT2D eigenvalue weighted by atomic mass is 32.2. The minimum atomic E-state index is -3.87. The number of carbonyl (C=O) groups is 2. The molecule has 260 valence electrons. The Balaban J connectivity index is 1.70. The number of nitrogens with zero attached hydrogens (tertiary/aromatic N) is 2. The molecule has 2 amide bonds. The van der Waals surface area contributed by atoms with Crippen molar-refractivity contribution in [3.8, 4) is 17.0 Å². The molecular formula is C34H45N5O8S. The fourth-order valence-electron chi connectivity index (χ4n) is 5.32. The van der Waals surface area contributed by atoms with Crippen molar-refractivity contribution >= 4 is 33.3 Å². The Bertz CT molecular complexity index is 1740. The van der Waals surface area contributed by atoms with E-state index in [-0.39, 0.29) is 42.6 Å². The predicted molar refractivity (Wildman–Crippen MR) is 181 cm³/mol. The number of benzene rings is 2. The van der Waals surface area contributed by atoms with Crippen LogP contribution < -0.4 is 21.1 Å². The Morgan fingerprint density at radius 3 is 2.48 bits per heavy atom. The summed E-state index contributed by atoms with van der Waals surface area (Å²) in [5.41, 5.74) is 5.56. The number of nitrogens with one attached hydrogen (secondary N) is 2. The van der Waals surface area contributed by atoms with Gasteiger partial charge in [-0.1, -0.05) is 24.3 Å². The Labute approximate surface area is 281 Å². The predicted octanol–water partition coefficient (Wildman–Crippen LogP) is 4.89. The van der Waals surface area contributed by atoms with Crippen molar-refractivity contribution in [1.82, 2.24) is 15.3 Å². The van der Waals surface area contributed by atoms with E-state index >= 15 is 0 Å². The second-order valence-electron chi connectivity index (χ2n) is 13.7. The highest BCUT2D eigenvalue weighted by Gasteiger charge is 2.41. The van der Waals surface area contributed by atoms with Gasteiger partial charge in [0, 0.05) is 24.3 Å². The number of anilines is 2. The van der Waals surface area contributed by atoms with Gasteiger partial charge >= 0.3 is 6.09 Å². The number of alkyl carbamates (subject to hydrolysis) is 1. The van der Waals surface area contributed by atoms with Gasteiger partial charge in [0.25, 0.3) is 5.91 Å². The molecule has 1 unspecified atom stereocenters. The maximum absolute atomic E-state index is 13.6. The van der Waals surface area contributed by atoms with Gasteiger partial charge in [-0.3, -0.25) is 4.79 Å². The van der Waals surface area contributed by atoms with Gasteiger partial charge in [-0.25, -0.2) is 23.2 Å². The molecule has 1 aromatic heterocycles.